The van der Waals surface area contributed by atoms with Gasteiger partial charge in [-0.2, -0.15) is 0 Å². The molecule has 1 aromatic rings. The minimum Gasteiger partial charge on any atom is -0.335 e. The number of hydrogen-bond donors (Lipinski definition) is 0. The predicted molar refractivity (Wildman–Crippen MR) is 69.6 cm³/mol. The van der Waals surface area contributed by atoms with Crippen LogP contribution in [0, 0.1) is 5.92 Å². The Hall–Kier alpha value is -1.31. The molecular formula is C15H21NO. The van der Waals surface area contributed by atoms with E-state index in [2.05, 4.69) is 36.1 Å². The fourth-order valence-corrected chi connectivity index (χ4v) is 2.59. The molecule has 0 spiro atoms. The van der Waals surface area contributed by atoms with Crippen LogP contribution in [0.1, 0.15) is 44.7 Å². The van der Waals surface area contributed by atoms with E-state index < -0.39 is 0 Å². The van der Waals surface area contributed by atoms with E-state index in [1.165, 1.54) is 5.56 Å². The zero-order valence-electron chi connectivity index (χ0n) is 10.7. The van der Waals surface area contributed by atoms with Gasteiger partial charge in [-0.3, -0.25) is 4.79 Å². The van der Waals surface area contributed by atoms with Gasteiger partial charge in [-0.05, 0) is 18.4 Å². The number of unbranched alkanes of at least 4 members (excludes halogenated alkanes) is 1. The number of hydrogen-bond acceptors (Lipinski definition) is 1. The molecule has 92 valence electrons. The Morgan fingerprint density at radius 3 is 2.65 bits per heavy atom. The summed E-state index contributed by atoms with van der Waals surface area (Å²) in [6.07, 6.45) is 3.20. The molecule has 1 aromatic carbocycles. The summed E-state index contributed by atoms with van der Waals surface area (Å²) < 4.78 is 0. The van der Waals surface area contributed by atoms with Gasteiger partial charge in [0.15, 0.2) is 0 Å². The summed E-state index contributed by atoms with van der Waals surface area (Å²) in [5, 5.41) is 0. The van der Waals surface area contributed by atoms with Gasteiger partial charge in [0.05, 0.1) is 6.04 Å². The molecule has 2 rings (SSSR count). The predicted octanol–water partition coefficient (Wildman–Crippen LogP) is 3.40. The lowest BCUT2D eigenvalue weighted by molar-refractivity contribution is -0.131. The van der Waals surface area contributed by atoms with Crippen LogP contribution >= 0.6 is 0 Å². The second-order valence-corrected chi connectivity index (χ2v) is 4.95. The SMILES string of the molecule is CCCCN1C(=O)[C@@H](C)C[C@@H]1c1ccccc1. The highest BCUT2D eigenvalue weighted by Crippen LogP contribution is 2.36. The summed E-state index contributed by atoms with van der Waals surface area (Å²) in [6.45, 7) is 5.12. The second kappa shape index (κ2) is 5.35. The van der Waals surface area contributed by atoms with E-state index in [4.69, 9.17) is 0 Å². The van der Waals surface area contributed by atoms with Crippen LogP contribution in [-0.4, -0.2) is 17.4 Å². The highest BCUT2D eigenvalue weighted by Gasteiger charge is 2.36. The van der Waals surface area contributed by atoms with Crippen molar-refractivity contribution in [1.82, 2.24) is 4.90 Å². The number of rotatable bonds is 4. The molecule has 17 heavy (non-hydrogen) atoms. The Bertz CT molecular complexity index is 374. The van der Waals surface area contributed by atoms with Gasteiger partial charge in [0.25, 0.3) is 0 Å². The average Bonchev–Trinajstić information content (AvgIpc) is 2.65. The molecule has 2 atom stereocenters. The summed E-state index contributed by atoms with van der Waals surface area (Å²) in [5.41, 5.74) is 1.28. The van der Waals surface area contributed by atoms with Gasteiger partial charge < -0.3 is 4.90 Å². The molecule has 2 heteroatoms. The fourth-order valence-electron chi connectivity index (χ4n) is 2.59. The molecule has 1 aliphatic rings. The third-order valence-electron chi connectivity index (χ3n) is 3.59. The number of benzene rings is 1. The van der Waals surface area contributed by atoms with E-state index >= 15 is 0 Å². The lowest BCUT2D eigenvalue weighted by Crippen LogP contribution is -2.30. The van der Waals surface area contributed by atoms with Gasteiger partial charge in [0.2, 0.25) is 5.91 Å². The maximum Gasteiger partial charge on any atom is 0.226 e. The zero-order chi connectivity index (χ0) is 12.3. The largest absolute Gasteiger partial charge is 0.335 e. The number of amides is 1. The quantitative estimate of drug-likeness (QED) is 0.777. The maximum absolute atomic E-state index is 12.1. The Morgan fingerprint density at radius 2 is 2.00 bits per heavy atom. The molecule has 0 bridgehead atoms. The van der Waals surface area contributed by atoms with Gasteiger partial charge >= 0.3 is 0 Å². The van der Waals surface area contributed by atoms with Gasteiger partial charge in [-0.1, -0.05) is 50.6 Å². The topological polar surface area (TPSA) is 20.3 Å². The van der Waals surface area contributed by atoms with E-state index in [1.807, 2.05) is 13.0 Å². The normalized spacial score (nSPS) is 24.4. The second-order valence-electron chi connectivity index (χ2n) is 4.95. The number of likely N-dealkylation sites (tertiary alicyclic amines) is 1. The third-order valence-corrected chi connectivity index (χ3v) is 3.59. The van der Waals surface area contributed by atoms with Crippen molar-refractivity contribution in [2.45, 2.75) is 39.2 Å². The molecule has 0 N–H and O–H groups in total. The van der Waals surface area contributed by atoms with Crippen molar-refractivity contribution in [3.63, 3.8) is 0 Å². The van der Waals surface area contributed by atoms with E-state index in [9.17, 15) is 4.79 Å². The summed E-state index contributed by atoms with van der Waals surface area (Å²) >= 11 is 0. The van der Waals surface area contributed by atoms with Crippen LogP contribution in [-0.2, 0) is 4.79 Å². The van der Waals surface area contributed by atoms with Gasteiger partial charge in [0.1, 0.15) is 0 Å². The highest BCUT2D eigenvalue weighted by molar-refractivity contribution is 5.81. The van der Waals surface area contributed by atoms with E-state index in [0.717, 1.165) is 25.8 Å². The number of carbonyl (C=O) groups excluding carboxylic acids is 1. The molecule has 0 aromatic heterocycles. The average molecular weight is 231 g/mol. The van der Waals surface area contributed by atoms with Gasteiger partial charge in [-0.25, -0.2) is 0 Å². The van der Waals surface area contributed by atoms with Crippen LogP contribution in [0.4, 0.5) is 0 Å². The Balaban J connectivity index is 2.17. The van der Waals surface area contributed by atoms with E-state index in [1.54, 1.807) is 0 Å². The Labute approximate surface area is 104 Å². The lowest BCUT2D eigenvalue weighted by Gasteiger charge is -2.25. The van der Waals surface area contributed by atoms with E-state index in [0.29, 0.717) is 11.9 Å². The smallest absolute Gasteiger partial charge is 0.226 e. The Morgan fingerprint density at radius 1 is 1.29 bits per heavy atom. The first-order valence-corrected chi connectivity index (χ1v) is 6.59. The third kappa shape index (κ3) is 2.51. The molecule has 1 aliphatic heterocycles. The summed E-state index contributed by atoms with van der Waals surface area (Å²) in [4.78, 5) is 14.2. The minimum absolute atomic E-state index is 0.178. The fraction of sp³-hybridized carbons (Fsp3) is 0.533. The first kappa shape index (κ1) is 12.2. The molecule has 2 nitrogen and oxygen atoms in total. The van der Waals surface area contributed by atoms with Crippen molar-refractivity contribution in [1.29, 1.82) is 0 Å². The molecule has 0 unspecified atom stereocenters. The number of carbonyl (C=O) groups is 1. The van der Waals surface area contributed by atoms with Crippen LogP contribution in [0.3, 0.4) is 0 Å². The minimum atomic E-state index is 0.178. The maximum atomic E-state index is 12.1. The van der Waals surface area contributed by atoms with Crippen LogP contribution in [0.5, 0.6) is 0 Å². The molecule has 0 aliphatic carbocycles. The van der Waals surface area contributed by atoms with Gasteiger partial charge in [0, 0.05) is 12.5 Å². The first-order chi connectivity index (χ1) is 8.24. The van der Waals surface area contributed by atoms with Crippen molar-refractivity contribution >= 4 is 5.91 Å². The number of nitrogens with zero attached hydrogens (tertiary/aromatic N) is 1. The van der Waals surface area contributed by atoms with Crippen molar-refractivity contribution < 1.29 is 4.79 Å². The summed E-state index contributed by atoms with van der Waals surface area (Å²) in [6, 6.07) is 10.7. The van der Waals surface area contributed by atoms with Crippen LogP contribution in [0.15, 0.2) is 30.3 Å². The van der Waals surface area contributed by atoms with E-state index in [-0.39, 0.29) is 5.92 Å². The zero-order valence-corrected chi connectivity index (χ0v) is 10.7. The molecule has 1 heterocycles. The van der Waals surface area contributed by atoms with Crippen LogP contribution in [0.2, 0.25) is 0 Å². The highest BCUT2D eigenvalue weighted by atomic mass is 16.2. The standard InChI is InChI=1S/C15H21NO/c1-3-4-10-16-14(11-12(2)15(16)17)13-8-6-5-7-9-13/h5-9,12,14H,3-4,10-11H2,1-2H3/t12-,14+/m0/s1. The summed E-state index contributed by atoms with van der Waals surface area (Å²) in [7, 11) is 0. The molecule has 1 saturated heterocycles. The van der Waals surface area contributed by atoms with Crippen LogP contribution in [0.25, 0.3) is 0 Å². The lowest BCUT2D eigenvalue weighted by atomic mass is 10.0. The van der Waals surface area contributed by atoms with Crippen molar-refractivity contribution in [3.8, 4) is 0 Å². The van der Waals surface area contributed by atoms with Crippen LogP contribution < -0.4 is 0 Å². The molecule has 1 amide bonds. The van der Waals surface area contributed by atoms with Crippen molar-refractivity contribution in [3.05, 3.63) is 35.9 Å². The molecular weight excluding hydrogens is 210 g/mol. The monoisotopic (exact) mass is 231 g/mol. The molecule has 0 saturated carbocycles. The summed E-state index contributed by atoms with van der Waals surface area (Å²) in [5.74, 6) is 0.504. The van der Waals surface area contributed by atoms with Gasteiger partial charge in [-0.15, -0.1) is 0 Å². The molecule has 1 fully saturated rings. The molecule has 0 radical (unpaired) electrons. The first-order valence-electron chi connectivity index (χ1n) is 6.59. The van der Waals surface area contributed by atoms with Crippen molar-refractivity contribution in [2.75, 3.05) is 6.54 Å². The Kier molecular flexibility index (Phi) is 3.82. The van der Waals surface area contributed by atoms with Crippen molar-refractivity contribution in [2.24, 2.45) is 5.92 Å².